The Morgan fingerprint density at radius 1 is 1.28 bits per heavy atom. The molecule has 1 aliphatic rings. The fourth-order valence-corrected chi connectivity index (χ4v) is 5.43. The second-order valence-electron chi connectivity index (χ2n) is 10.9. The van der Waals surface area contributed by atoms with Crippen molar-refractivity contribution in [1.82, 2.24) is 14.8 Å². The molecule has 2 aromatic rings. The lowest BCUT2D eigenvalue weighted by atomic mass is 9.65. The summed E-state index contributed by atoms with van der Waals surface area (Å²) in [5.41, 5.74) is 7.84. The number of allylic oxidation sites excluding steroid dienone is 3. The van der Waals surface area contributed by atoms with Crippen LogP contribution in [0.2, 0.25) is 0 Å². The van der Waals surface area contributed by atoms with E-state index in [1.54, 1.807) is 0 Å². The number of rotatable bonds is 14. The number of unbranched alkanes of at least 4 members (excludes halogenated alkanes) is 1. The van der Waals surface area contributed by atoms with Gasteiger partial charge in [0.15, 0.2) is 0 Å². The summed E-state index contributed by atoms with van der Waals surface area (Å²) >= 11 is 0. The van der Waals surface area contributed by atoms with E-state index in [0.29, 0.717) is 32.0 Å². The van der Waals surface area contributed by atoms with Crippen molar-refractivity contribution in [2.24, 2.45) is 4.99 Å². The smallest absolute Gasteiger partial charge is 0.235 e. The Morgan fingerprint density at radius 2 is 2.03 bits per heavy atom. The van der Waals surface area contributed by atoms with Crippen LogP contribution in [0.4, 0.5) is 0 Å². The lowest BCUT2D eigenvalue weighted by molar-refractivity contribution is -0.111. The molecule has 0 saturated carbocycles. The molecule has 0 radical (unpaired) electrons. The number of piperidine rings is 1. The number of aliphatic imine (C=N–C) groups is 1. The second kappa shape index (κ2) is 14.9. The van der Waals surface area contributed by atoms with Gasteiger partial charge in [0.05, 0.1) is 5.68 Å². The van der Waals surface area contributed by atoms with Crippen molar-refractivity contribution in [1.29, 1.82) is 5.26 Å². The van der Waals surface area contributed by atoms with E-state index in [9.17, 15) is 10.1 Å². The average molecular weight is 528 g/mol. The van der Waals surface area contributed by atoms with Crippen LogP contribution in [0, 0.1) is 18.3 Å². The maximum atomic E-state index is 11.9. The van der Waals surface area contributed by atoms with Gasteiger partial charge in [-0.15, -0.1) is 6.58 Å². The van der Waals surface area contributed by atoms with Crippen LogP contribution in [0.15, 0.2) is 46.5 Å². The molecule has 0 unspecified atom stereocenters. The lowest BCUT2D eigenvalue weighted by Gasteiger charge is -2.33. The summed E-state index contributed by atoms with van der Waals surface area (Å²) in [4.78, 5) is 18.9. The van der Waals surface area contributed by atoms with Gasteiger partial charge in [-0.3, -0.25) is 9.89 Å². The molecule has 2 heterocycles. The lowest BCUT2D eigenvalue weighted by Crippen LogP contribution is -2.41. The SMILES string of the molecule is C=C(BC(=O)CC)Cn1c(C#N)cc2c(C)c(CN3CCC(N/C(C)=C(/C=N\CC)CCCC)CC3)ccc21. The first-order valence-electron chi connectivity index (χ1n) is 14.7. The monoisotopic (exact) mass is 527 g/mol. The molecule has 0 bridgehead atoms. The van der Waals surface area contributed by atoms with Crippen molar-refractivity contribution in [3.63, 3.8) is 0 Å². The van der Waals surface area contributed by atoms with Gasteiger partial charge in [0.1, 0.15) is 11.8 Å². The molecule has 3 rings (SSSR count). The number of carbonyl (C=O) groups excluding carboxylic acids is 1. The van der Waals surface area contributed by atoms with Gasteiger partial charge in [-0.1, -0.05) is 31.8 Å². The van der Waals surface area contributed by atoms with Gasteiger partial charge < -0.3 is 14.7 Å². The minimum Gasteiger partial charge on any atom is -0.385 e. The number of fused-ring (bicyclic) bond motifs is 1. The normalized spacial score (nSPS) is 15.4. The molecule has 1 saturated heterocycles. The van der Waals surface area contributed by atoms with Gasteiger partial charge in [0, 0.05) is 61.6 Å². The number of carbonyl (C=O) groups is 1. The molecule has 39 heavy (non-hydrogen) atoms. The van der Waals surface area contributed by atoms with Crippen molar-refractivity contribution in [2.45, 2.75) is 92.3 Å². The van der Waals surface area contributed by atoms with Crippen molar-refractivity contribution >= 4 is 30.1 Å². The van der Waals surface area contributed by atoms with Crippen LogP contribution in [0.3, 0.4) is 0 Å². The van der Waals surface area contributed by atoms with Crippen LogP contribution >= 0.6 is 0 Å². The molecular formula is C32H46BN5O. The standard InChI is InChI=1S/C32H46BN5O/c1-7-10-11-26(20-35-9-3)25(6)36-28-14-16-37(17-15-28)22-27-12-13-31-30(24(27)5)18-29(19-34)38(31)21-23(4)33-32(39)8-2/h12-13,18,20,28,33,36H,4,7-11,14-17,21-22H2,1-3,5-6H3/b26-25+,35-20-. The summed E-state index contributed by atoms with van der Waals surface area (Å²) in [6, 6.07) is 9.17. The van der Waals surface area contributed by atoms with Crippen LogP contribution in [-0.2, 0) is 17.9 Å². The molecule has 1 fully saturated rings. The minimum absolute atomic E-state index is 0.181. The molecule has 1 N–H and O–H groups in total. The first-order valence-corrected chi connectivity index (χ1v) is 14.7. The number of likely N-dealkylation sites (tertiary alicyclic amines) is 1. The zero-order chi connectivity index (χ0) is 28.4. The molecule has 0 spiro atoms. The van der Waals surface area contributed by atoms with Crippen LogP contribution in [0.25, 0.3) is 10.9 Å². The molecule has 0 aliphatic carbocycles. The maximum absolute atomic E-state index is 11.9. The minimum atomic E-state index is 0.181. The van der Waals surface area contributed by atoms with Gasteiger partial charge in [-0.05, 0) is 81.7 Å². The average Bonchev–Trinajstić information content (AvgIpc) is 3.29. The third kappa shape index (κ3) is 8.19. The zero-order valence-electron chi connectivity index (χ0n) is 24.8. The summed E-state index contributed by atoms with van der Waals surface area (Å²) in [6.45, 7) is 19.0. The number of hydrogen-bond donors (Lipinski definition) is 1. The predicted octanol–water partition coefficient (Wildman–Crippen LogP) is 5.82. The summed E-state index contributed by atoms with van der Waals surface area (Å²) in [6.07, 6.45) is 8.29. The van der Waals surface area contributed by atoms with Gasteiger partial charge >= 0.3 is 0 Å². The molecule has 7 heteroatoms. The fraction of sp³-hybridized carbons (Fsp3) is 0.531. The van der Waals surface area contributed by atoms with Crippen molar-refractivity contribution < 1.29 is 4.79 Å². The van der Waals surface area contributed by atoms with E-state index >= 15 is 0 Å². The summed E-state index contributed by atoms with van der Waals surface area (Å²) < 4.78 is 2.00. The molecule has 1 aromatic heterocycles. The largest absolute Gasteiger partial charge is 0.385 e. The number of hydrogen-bond acceptors (Lipinski definition) is 5. The van der Waals surface area contributed by atoms with E-state index in [0.717, 1.165) is 61.8 Å². The molecular weight excluding hydrogens is 481 g/mol. The highest BCUT2D eigenvalue weighted by molar-refractivity contribution is 6.79. The maximum Gasteiger partial charge on any atom is 0.235 e. The van der Waals surface area contributed by atoms with E-state index in [1.807, 2.05) is 17.6 Å². The number of aryl methyl sites for hydroxylation is 1. The first kappa shape index (κ1) is 30.4. The summed E-state index contributed by atoms with van der Waals surface area (Å²) in [5, 5.41) is 14.7. The quantitative estimate of drug-likeness (QED) is 0.248. The first-order chi connectivity index (χ1) is 18.8. The molecule has 6 nitrogen and oxygen atoms in total. The fourth-order valence-electron chi connectivity index (χ4n) is 5.43. The van der Waals surface area contributed by atoms with Gasteiger partial charge in [-0.25, -0.2) is 0 Å². The van der Waals surface area contributed by atoms with Gasteiger partial charge in [-0.2, -0.15) is 5.26 Å². The molecule has 0 amide bonds. The second-order valence-corrected chi connectivity index (χ2v) is 10.9. The number of nitriles is 1. The highest BCUT2D eigenvalue weighted by atomic mass is 16.1. The van der Waals surface area contributed by atoms with Crippen LogP contribution in [0.5, 0.6) is 0 Å². The van der Waals surface area contributed by atoms with E-state index in [-0.39, 0.29) is 5.68 Å². The van der Waals surface area contributed by atoms with E-state index in [2.05, 4.69) is 73.9 Å². The number of nitrogens with zero attached hydrogens (tertiary/aromatic N) is 4. The van der Waals surface area contributed by atoms with E-state index < -0.39 is 0 Å². The molecule has 0 atom stereocenters. The highest BCUT2D eigenvalue weighted by Gasteiger charge is 2.21. The summed E-state index contributed by atoms with van der Waals surface area (Å²) in [5.74, 6) is 0. The van der Waals surface area contributed by atoms with E-state index in [4.69, 9.17) is 0 Å². The van der Waals surface area contributed by atoms with Crippen LogP contribution in [0.1, 0.15) is 83.0 Å². The third-order valence-electron chi connectivity index (χ3n) is 7.92. The predicted molar refractivity (Wildman–Crippen MR) is 166 cm³/mol. The Hall–Kier alpha value is -3.11. The Bertz CT molecular complexity index is 1260. The van der Waals surface area contributed by atoms with Crippen molar-refractivity contribution in [3.05, 3.63) is 58.3 Å². The Morgan fingerprint density at radius 3 is 2.67 bits per heavy atom. The topological polar surface area (TPSA) is 73.4 Å². The van der Waals surface area contributed by atoms with Crippen molar-refractivity contribution in [3.8, 4) is 6.07 Å². The zero-order valence-corrected chi connectivity index (χ0v) is 24.8. The number of benzene rings is 1. The molecule has 1 aliphatic heterocycles. The summed E-state index contributed by atoms with van der Waals surface area (Å²) in [7, 11) is 0.366. The Balaban J connectivity index is 1.66. The number of nitrogens with one attached hydrogen (secondary N) is 1. The molecule has 1 aromatic carbocycles. The molecule has 208 valence electrons. The van der Waals surface area contributed by atoms with Crippen LogP contribution in [-0.4, -0.2) is 54.3 Å². The van der Waals surface area contributed by atoms with E-state index in [1.165, 1.54) is 35.2 Å². The Labute approximate surface area is 236 Å². The van der Waals surface area contributed by atoms with Crippen molar-refractivity contribution in [2.75, 3.05) is 19.6 Å². The highest BCUT2D eigenvalue weighted by Crippen LogP contribution is 2.28. The van der Waals surface area contributed by atoms with Gasteiger partial charge in [0.25, 0.3) is 0 Å². The Kier molecular flexibility index (Phi) is 11.6. The third-order valence-corrected chi connectivity index (χ3v) is 7.92. The van der Waals surface area contributed by atoms with Gasteiger partial charge in [0.2, 0.25) is 7.28 Å². The van der Waals surface area contributed by atoms with Crippen LogP contribution < -0.4 is 5.32 Å². The number of aromatic nitrogens is 1.